The lowest BCUT2D eigenvalue weighted by molar-refractivity contribution is 0.112. The van der Waals surface area contributed by atoms with Crippen molar-refractivity contribution in [3.8, 4) is 5.75 Å². The second-order valence-electron chi connectivity index (χ2n) is 3.97. The number of ether oxygens (including phenoxy) is 1. The summed E-state index contributed by atoms with van der Waals surface area (Å²) in [6, 6.07) is 5.86. The summed E-state index contributed by atoms with van der Waals surface area (Å²) in [7, 11) is 0. The van der Waals surface area contributed by atoms with Crippen LogP contribution in [0.25, 0.3) is 0 Å². The van der Waals surface area contributed by atoms with E-state index in [1.807, 2.05) is 0 Å². The van der Waals surface area contributed by atoms with Gasteiger partial charge in [0.1, 0.15) is 18.7 Å². The summed E-state index contributed by atoms with van der Waals surface area (Å²) in [4.78, 5) is 10.5. The molecule has 6 heteroatoms. The number of aldehydes is 1. The minimum Gasteiger partial charge on any atom is -0.483 e. The number of carbonyl (C=O) groups excluding carboxylic acids is 1. The van der Waals surface area contributed by atoms with E-state index in [0.29, 0.717) is 11.8 Å². The van der Waals surface area contributed by atoms with Gasteiger partial charge in [0.15, 0.2) is 17.4 Å². The lowest BCUT2D eigenvalue weighted by Gasteiger charge is -2.09. The lowest BCUT2D eigenvalue weighted by atomic mass is 10.2. The predicted octanol–water partition coefficient (Wildman–Crippen LogP) is 4.26. The van der Waals surface area contributed by atoms with E-state index in [0.717, 1.165) is 12.1 Å². The molecule has 0 atom stereocenters. The van der Waals surface area contributed by atoms with E-state index in [2.05, 4.69) is 15.9 Å². The quantitative estimate of drug-likeness (QED) is 0.774. The lowest BCUT2D eigenvalue weighted by Crippen LogP contribution is -2.01. The Labute approximate surface area is 121 Å². The highest BCUT2D eigenvalue weighted by molar-refractivity contribution is 9.10. The molecule has 0 radical (unpaired) electrons. The van der Waals surface area contributed by atoms with Crippen LogP contribution in [0.5, 0.6) is 5.75 Å². The van der Waals surface area contributed by atoms with Gasteiger partial charge in [-0.3, -0.25) is 4.79 Å². The van der Waals surface area contributed by atoms with Gasteiger partial charge >= 0.3 is 0 Å². The Balaban J connectivity index is 2.18. The molecule has 104 valence electrons. The SMILES string of the molecule is O=Cc1cc(F)c(OCc2ccc(F)c(Br)c2)c(F)c1. The normalized spacial score (nSPS) is 10.4. The van der Waals surface area contributed by atoms with E-state index in [1.165, 1.54) is 18.2 Å². The summed E-state index contributed by atoms with van der Waals surface area (Å²) < 4.78 is 45.4. The van der Waals surface area contributed by atoms with Crippen LogP contribution in [0.2, 0.25) is 0 Å². The van der Waals surface area contributed by atoms with E-state index in [9.17, 15) is 18.0 Å². The number of halogens is 4. The van der Waals surface area contributed by atoms with Crippen molar-refractivity contribution in [1.29, 1.82) is 0 Å². The van der Waals surface area contributed by atoms with Crippen molar-refractivity contribution in [3.05, 3.63) is 63.4 Å². The molecule has 2 rings (SSSR count). The smallest absolute Gasteiger partial charge is 0.191 e. The second kappa shape index (κ2) is 6.09. The minimum atomic E-state index is -0.965. The number of benzene rings is 2. The first-order valence-corrected chi connectivity index (χ1v) is 6.31. The Morgan fingerprint density at radius 1 is 1.05 bits per heavy atom. The van der Waals surface area contributed by atoms with E-state index >= 15 is 0 Å². The molecule has 0 fully saturated rings. The highest BCUT2D eigenvalue weighted by Gasteiger charge is 2.13. The molecular weight excluding hydrogens is 337 g/mol. The molecule has 0 aliphatic heterocycles. The molecule has 0 bridgehead atoms. The molecule has 2 aromatic carbocycles. The van der Waals surface area contributed by atoms with Crippen molar-refractivity contribution >= 4 is 22.2 Å². The summed E-state index contributed by atoms with van der Waals surface area (Å²) in [5, 5.41) is 0. The van der Waals surface area contributed by atoms with Crippen molar-refractivity contribution in [2.24, 2.45) is 0 Å². The molecule has 2 aromatic rings. The third-order valence-corrected chi connectivity index (χ3v) is 3.13. The fourth-order valence-electron chi connectivity index (χ4n) is 1.57. The zero-order valence-corrected chi connectivity index (χ0v) is 11.6. The Morgan fingerprint density at radius 3 is 2.25 bits per heavy atom. The summed E-state index contributed by atoms with van der Waals surface area (Å²) in [5.74, 6) is -2.95. The first-order chi connectivity index (χ1) is 9.51. The van der Waals surface area contributed by atoms with Gasteiger partial charge in [-0.05, 0) is 45.8 Å². The van der Waals surface area contributed by atoms with Crippen molar-refractivity contribution in [2.75, 3.05) is 0 Å². The third kappa shape index (κ3) is 3.19. The van der Waals surface area contributed by atoms with Gasteiger partial charge in [-0.15, -0.1) is 0 Å². The highest BCUT2D eigenvalue weighted by atomic mass is 79.9. The van der Waals surface area contributed by atoms with Crippen LogP contribution < -0.4 is 4.74 Å². The van der Waals surface area contributed by atoms with Crippen molar-refractivity contribution in [2.45, 2.75) is 6.61 Å². The third-order valence-electron chi connectivity index (χ3n) is 2.52. The zero-order valence-electron chi connectivity index (χ0n) is 10.00. The molecular formula is C14H8BrF3O2. The first-order valence-electron chi connectivity index (χ1n) is 5.52. The average molecular weight is 345 g/mol. The van der Waals surface area contributed by atoms with Gasteiger partial charge in [0, 0.05) is 5.56 Å². The second-order valence-corrected chi connectivity index (χ2v) is 4.82. The van der Waals surface area contributed by atoms with Crippen molar-refractivity contribution in [3.63, 3.8) is 0 Å². The van der Waals surface area contributed by atoms with Crippen molar-refractivity contribution in [1.82, 2.24) is 0 Å². The largest absolute Gasteiger partial charge is 0.483 e. The molecule has 0 aliphatic rings. The van der Waals surface area contributed by atoms with E-state index < -0.39 is 23.2 Å². The van der Waals surface area contributed by atoms with Crippen LogP contribution in [0.15, 0.2) is 34.8 Å². The molecule has 0 unspecified atom stereocenters. The molecule has 20 heavy (non-hydrogen) atoms. The highest BCUT2D eigenvalue weighted by Crippen LogP contribution is 2.24. The van der Waals surface area contributed by atoms with Gasteiger partial charge in [-0.2, -0.15) is 0 Å². The monoisotopic (exact) mass is 344 g/mol. The van der Waals surface area contributed by atoms with Crippen LogP contribution in [-0.4, -0.2) is 6.29 Å². The average Bonchev–Trinajstić information content (AvgIpc) is 2.41. The molecule has 0 aromatic heterocycles. The topological polar surface area (TPSA) is 26.3 Å². The van der Waals surface area contributed by atoms with Crippen LogP contribution in [0.4, 0.5) is 13.2 Å². The maximum Gasteiger partial charge on any atom is 0.191 e. The fourth-order valence-corrected chi connectivity index (χ4v) is 2.00. The number of hydrogen-bond donors (Lipinski definition) is 0. The molecule has 0 saturated heterocycles. The Hall–Kier alpha value is -1.82. The zero-order chi connectivity index (χ0) is 14.7. The molecule has 0 heterocycles. The Bertz CT molecular complexity index is 636. The van der Waals surface area contributed by atoms with Gasteiger partial charge in [-0.25, -0.2) is 13.2 Å². The number of hydrogen-bond acceptors (Lipinski definition) is 2. The number of rotatable bonds is 4. The van der Waals surface area contributed by atoms with Crippen LogP contribution in [0, 0.1) is 17.5 Å². The van der Waals surface area contributed by atoms with Crippen LogP contribution in [0.1, 0.15) is 15.9 Å². The summed E-state index contributed by atoms with van der Waals surface area (Å²) in [6.07, 6.45) is 0.340. The van der Waals surface area contributed by atoms with Gasteiger partial charge in [0.2, 0.25) is 0 Å². The van der Waals surface area contributed by atoms with Crippen molar-refractivity contribution < 1.29 is 22.7 Å². The van der Waals surface area contributed by atoms with E-state index in [-0.39, 0.29) is 16.6 Å². The predicted molar refractivity (Wildman–Crippen MR) is 70.2 cm³/mol. The molecule has 0 saturated carbocycles. The maximum atomic E-state index is 13.6. The van der Waals surface area contributed by atoms with Gasteiger partial charge in [-0.1, -0.05) is 6.07 Å². The minimum absolute atomic E-state index is 0.114. The van der Waals surface area contributed by atoms with E-state index in [1.54, 1.807) is 0 Å². The number of carbonyl (C=O) groups is 1. The van der Waals surface area contributed by atoms with Gasteiger partial charge < -0.3 is 4.74 Å². The standard InChI is InChI=1S/C14H8BrF3O2/c15-10-3-8(1-2-11(10)16)7-20-14-12(17)4-9(6-19)5-13(14)18/h1-6H,7H2. The Kier molecular flexibility index (Phi) is 4.44. The van der Waals surface area contributed by atoms with Crippen LogP contribution in [-0.2, 0) is 6.61 Å². The Morgan fingerprint density at radius 2 is 1.70 bits per heavy atom. The van der Waals surface area contributed by atoms with Crippen LogP contribution >= 0.6 is 15.9 Å². The van der Waals surface area contributed by atoms with Gasteiger partial charge in [0.05, 0.1) is 4.47 Å². The fraction of sp³-hybridized carbons (Fsp3) is 0.0714. The maximum absolute atomic E-state index is 13.6. The molecule has 0 aliphatic carbocycles. The summed E-state index contributed by atoms with van der Waals surface area (Å²) >= 11 is 3.00. The van der Waals surface area contributed by atoms with Crippen LogP contribution in [0.3, 0.4) is 0 Å². The van der Waals surface area contributed by atoms with Gasteiger partial charge in [0.25, 0.3) is 0 Å². The van der Waals surface area contributed by atoms with E-state index in [4.69, 9.17) is 4.74 Å². The molecule has 0 amide bonds. The molecule has 0 spiro atoms. The first kappa shape index (κ1) is 14.6. The summed E-state index contributed by atoms with van der Waals surface area (Å²) in [5.41, 5.74) is 0.424. The summed E-state index contributed by atoms with van der Waals surface area (Å²) in [6.45, 7) is -0.132. The molecule has 2 nitrogen and oxygen atoms in total. The molecule has 0 N–H and O–H groups in total.